The van der Waals surface area contributed by atoms with Crippen LogP contribution >= 0.6 is 0 Å². The predicted molar refractivity (Wildman–Crippen MR) is 79.0 cm³/mol. The van der Waals surface area contributed by atoms with Crippen molar-refractivity contribution in [3.05, 3.63) is 23.8 Å². The highest BCUT2D eigenvalue weighted by molar-refractivity contribution is 7.89. The molecule has 1 unspecified atom stereocenters. The van der Waals surface area contributed by atoms with Gasteiger partial charge in [-0.1, -0.05) is 6.92 Å². The lowest BCUT2D eigenvalue weighted by Crippen LogP contribution is -2.25. The molecule has 0 amide bonds. The maximum absolute atomic E-state index is 12.1. The van der Waals surface area contributed by atoms with Crippen LogP contribution in [0.5, 0.6) is 5.75 Å². The summed E-state index contributed by atoms with van der Waals surface area (Å²) in [4.78, 5) is 10.8. The molecular weight excluding hydrogens is 294 g/mol. The van der Waals surface area contributed by atoms with Gasteiger partial charge in [0.15, 0.2) is 0 Å². The minimum Gasteiger partial charge on any atom is -0.496 e. The van der Waals surface area contributed by atoms with E-state index in [-0.39, 0.29) is 11.4 Å². The lowest BCUT2D eigenvalue weighted by Gasteiger charge is -2.10. The van der Waals surface area contributed by atoms with Gasteiger partial charge in [-0.2, -0.15) is 0 Å². The Labute approximate surface area is 125 Å². The first-order valence-corrected chi connectivity index (χ1v) is 8.13. The molecule has 6 nitrogen and oxygen atoms in total. The molecule has 0 saturated carbocycles. The van der Waals surface area contributed by atoms with E-state index in [4.69, 9.17) is 9.84 Å². The van der Waals surface area contributed by atoms with Crippen molar-refractivity contribution in [2.45, 2.75) is 31.6 Å². The fourth-order valence-corrected chi connectivity index (χ4v) is 3.00. The molecule has 0 bridgehead atoms. The number of carbonyl (C=O) groups is 1. The van der Waals surface area contributed by atoms with Crippen LogP contribution in [-0.4, -0.2) is 33.1 Å². The molecule has 2 N–H and O–H groups in total. The van der Waals surface area contributed by atoms with Gasteiger partial charge in [0.25, 0.3) is 0 Å². The summed E-state index contributed by atoms with van der Waals surface area (Å²) < 4.78 is 31.8. The first-order valence-electron chi connectivity index (χ1n) is 6.65. The van der Waals surface area contributed by atoms with Crippen LogP contribution < -0.4 is 9.46 Å². The van der Waals surface area contributed by atoms with Gasteiger partial charge < -0.3 is 9.84 Å². The van der Waals surface area contributed by atoms with Gasteiger partial charge in [-0.05, 0) is 43.5 Å². The minimum atomic E-state index is -3.58. The Morgan fingerprint density at radius 3 is 2.62 bits per heavy atom. The van der Waals surface area contributed by atoms with Crippen LogP contribution in [0.3, 0.4) is 0 Å². The SMILES string of the molecule is COc1ccc(S(=O)(=O)NCCCC(C)C(=O)O)cc1C. The first-order chi connectivity index (χ1) is 9.77. The highest BCUT2D eigenvalue weighted by Gasteiger charge is 2.16. The molecule has 0 aliphatic heterocycles. The van der Waals surface area contributed by atoms with E-state index in [9.17, 15) is 13.2 Å². The molecule has 1 aromatic rings. The topological polar surface area (TPSA) is 92.7 Å². The Morgan fingerprint density at radius 1 is 1.43 bits per heavy atom. The average molecular weight is 315 g/mol. The van der Waals surface area contributed by atoms with Crippen molar-refractivity contribution in [2.24, 2.45) is 5.92 Å². The molecule has 0 aliphatic carbocycles. The standard InChI is InChI=1S/C14H21NO5S/c1-10(14(16)17)5-4-8-15-21(18,19)12-6-7-13(20-3)11(2)9-12/h6-7,9-10,15H,4-5,8H2,1-3H3,(H,16,17). The van der Waals surface area contributed by atoms with E-state index in [2.05, 4.69) is 4.72 Å². The number of rotatable bonds is 8. The van der Waals surface area contributed by atoms with Crippen LogP contribution in [0.15, 0.2) is 23.1 Å². The molecule has 0 heterocycles. The second-order valence-electron chi connectivity index (χ2n) is 4.91. The number of carboxylic acids is 1. The molecule has 21 heavy (non-hydrogen) atoms. The second kappa shape index (κ2) is 7.42. The second-order valence-corrected chi connectivity index (χ2v) is 6.68. The highest BCUT2D eigenvalue weighted by atomic mass is 32.2. The number of hydrogen-bond donors (Lipinski definition) is 2. The first kappa shape index (κ1) is 17.5. The zero-order valence-electron chi connectivity index (χ0n) is 12.4. The number of nitrogens with one attached hydrogen (secondary N) is 1. The normalized spacial score (nSPS) is 12.9. The molecule has 7 heteroatoms. The van der Waals surface area contributed by atoms with Crippen molar-refractivity contribution < 1.29 is 23.1 Å². The Kier molecular flexibility index (Phi) is 6.17. The number of hydrogen-bond acceptors (Lipinski definition) is 4. The van der Waals surface area contributed by atoms with E-state index in [0.29, 0.717) is 18.6 Å². The average Bonchev–Trinajstić information content (AvgIpc) is 2.43. The van der Waals surface area contributed by atoms with Crippen molar-refractivity contribution >= 4 is 16.0 Å². The van der Waals surface area contributed by atoms with Gasteiger partial charge in [-0.15, -0.1) is 0 Å². The summed E-state index contributed by atoms with van der Waals surface area (Å²) in [5, 5.41) is 8.75. The van der Waals surface area contributed by atoms with Crippen LogP contribution in [0.4, 0.5) is 0 Å². The lowest BCUT2D eigenvalue weighted by atomic mass is 10.1. The zero-order chi connectivity index (χ0) is 16.0. The van der Waals surface area contributed by atoms with Gasteiger partial charge in [-0.3, -0.25) is 4.79 Å². The van der Waals surface area contributed by atoms with Crippen LogP contribution in [-0.2, 0) is 14.8 Å². The largest absolute Gasteiger partial charge is 0.496 e. The quantitative estimate of drug-likeness (QED) is 0.713. The fourth-order valence-electron chi connectivity index (χ4n) is 1.84. The highest BCUT2D eigenvalue weighted by Crippen LogP contribution is 2.21. The molecule has 0 saturated heterocycles. The summed E-state index contributed by atoms with van der Waals surface area (Å²) in [7, 11) is -2.05. The zero-order valence-corrected chi connectivity index (χ0v) is 13.2. The van der Waals surface area contributed by atoms with E-state index in [1.807, 2.05) is 0 Å². The number of benzene rings is 1. The molecule has 0 aromatic heterocycles. The summed E-state index contributed by atoms with van der Waals surface area (Å²) in [5.74, 6) is -0.717. The third-order valence-electron chi connectivity index (χ3n) is 3.20. The van der Waals surface area contributed by atoms with E-state index >= 15 is 0 Å². The van der Waals surface area contributed by atoms with E-state index in [0.717, 1.165) is 5.56 Å². The van der Waals surface area contributed by atoms with Crippen molar-refractivity contribution in [2.75, 3.05) is 13.7 Å². The molecule has 118 valence electrons. The number of carboxylic acid groups (broad SMARTS) is 1. The number of aliphatic carboxylic acids is 1. The lowest BCUT2D eigenvalue weighted by molar-refractivity contribution is -0.141. The summed E-state index contributed by atoms with van der Waals surface area (Å²) in [6.07, 6.45) is 0.904. The number of ether oxygens (including phenoxy) is 1. The van der Waals surface area contributed by atoms with Gasteiger partial charge in [-0.25, -0.2) is 13.1 Å². The molecule has 0 radical (unpaired) electrons. The van der Waals surface area contributed by atoms with Crippen molar-refractivity contribution in [1.29, 1.82) is 0 Å². The Morgan fingerprint density at radius 2 is 2.10 bits per heavy atom. The Balaban J connectivity index is 2.62. The van der Waals surface area contributed by atoms with E-state index in [1.54, 1.807) is 26.0 Å². The smallest absolute Gasteiger partial charge is 0.306 e. The van der Waals surface area contributed by atoms with Crippen LogP contribution in [0.25, 0.3) is 0 Å². The summed E-state index contributed by atoms with van der Waals surface area (Å²) in [6, 6.07) is 4.63. The number of methoxy groups -OCH3 is 1. The van der Waals surface area contributed by atoms with Gasteiger partial charge in [0.05, 0.1) is 17.9 Å². The van der Waals surface area contributed by atoms with E-state index in [1.165, 1.54) is 13.2 Å². The van der Waals surface area contributed by atoms with Crippen molar-refractivity contribution in [1.82, 2.24) is 4.72 Å². The summed E-state index contributed by atoms with van der Waals surface area (Å²) in [5.41, 5.74) is 0.736. The van der Waals surface area contributed by atoms with Crippen molar-refractivity contribution in [3.8, 4) is 5.75 Å². The third-order valence-corrected chi connectivity index (χ3v) is 4.66. The van der Waals surface area contributed by atoms with Crippen LogP contribution in [0.1, 0.15) is 25.3 Å². The molecule has 0 spiro atoms. The molecule has 1 aromatic carbocycles. The number of sulfonamides is 1. The maximum Gasteiger partial charge on any atom is 0.306 e. The van der Waals surface area contributed by atoms with Crippen LogP contribution in [0, 0.1) is 12.8 Å². The predicted octanol–water partition coefficient (Wildman–Crippen LogP) is 1.78. The molecule has 1 atom stereocenters. The Hall–Kier alpha value is -1.60. The van der Waals surface area contributed by atoms with Gasteiger partial charge >= 0.3 is 5.97 Å². The summed E-state index contributed by atoms with van der Waals surface area (Å²) >= 11 is 0. The third kappa shape index (κ3) is 5.02. The van der Waals surface area contributed by atoms with E-state index < -0.39 is 21.9 Å². The fraction of sp³-hybridized carbons (Fsp3) is 0.500. The van der Waals surface area contributed by atoms with Crippen molar-refractivity contribution in [3.63, 3.8) is 0 Å². The molecular formula is C14H21NO5S. The molecule has 1 rings (SSSR count). The monoisotopic (exact) mass is 315 g/mol. The molecule has 0 aliphatic rings. The minimum absolute atomic E-state index is 0.173. The van der Waals surface area contributed by atoms with Gasteiger partial charge in [0.2, 0.25) is 10.0 Å². The number of aryl methyl sites for hydroxylation is 1. The Bertz CT molecular complexity index is 597. The molecule has 0 fully saturated rings. The van der Waals surface area contributed by atoms with Crippen LogP contribution in [0.2, 0.25) is 0 Å². The summed E-state index contributed by atoms with van der Waals surface area (Å²) in [6.45, 7) is 3.58. The maximum atomic E-state index is 12.1. The van der Waals surface area contributed by atoms with Gasteiger partial charge in [0.1, 0.15) is 5.75 Å². The van der Waals surface area contributed by atoms with Gasteiger partial charge in [0, 0.05) is 6.54 Å².